The zero-order valence-electron chi connectivity index (χ0n) is 8.95. The lowest BCUT2D eigenvalue weighted by molar-refractivity contribution is -0.132. The van der Waals surface area contributed by atoms with Gasteiger partial charge in [-0.2, -0.15) is 0 Å². The van der Waals surface area contributed by atoms with Crippen molar-refractivity contribution in [1.82, 2.24) is 0 Å². The summed E-state index contributed by atoms with van der Waals surface area (Å²) in [5.41, 5.74) is 1.26. The predicted molar refractivity (Wildman–Crippen MR) is 53.3 cm³/mol. The number of hydrogen-bond acceptors (Lipinski definition) is 2. The standard InChI is InChI=1S/C11H20O2/c1-7-5-6-8(2)11(9(7)3)13-10(4)12/h6-7,9-12H,5H2,1-4H3. The summed E-state index contributed by atoms with van der Waals surface area (Å²) >= 11 is 0. The van der Waals surface area contributed by atoms with Gasteiger partial charge in [0, 0.05) is 0 Å². The van der Waals surface area contributed by atoms with Crippen LogP contribution in [0.4, 0.5) is 0 Å². The molecule has 1 aliphatic carbocycles. The Morgan fingerprint density at radius 3 is 2.69 bits per heavy atom. The smallest absolute Gasteiger partial charge is 0.152 e. The van der Waals surface area contributed by atoms with Crippen LogP contribution in [0.2, 0.25) is 0 Å². The molecule has 0 saturated heterocycles. The molecular weight excluding hydrogens is 164 g/mol. The van der Waals surface area contributed by atoms with Crippen LogP contribution in [-0.4, -0.2) is 17.5 Å². The first kappa shape index (κ1) is 10.7. The maximum atomic E-state index is 9.18. The molecule has 0 spiro atoms. The van der Waals surface area contributed by atoms with Gasteiger partial charge in [-0.25, -0.2) is 0 Å². The minimum absolute atomic E-state index is 0.101. The average molecular weight is 184 g/mol. The van der Waals surface area contributed by atoms with E-state index in [1.54, 1.807) is 6.92 Å². The van der Waals surface area contributed by atoms with E-state index in [1.165, 1.54) is 5.57 Å². The molecule has 0 saturated carbocycles. The molecule has 2 nitrogen and oxygen atoms in total. The van der Waals surface area contributed by atoms with Crippen LogP contribution in [0, 0.1) is 11.8 Å². The van der Waals surface area contributed by atoms with E-state index in [1.807, 2.05) is 0 Å². The summed E-state index contributed by atoms with van der Waals surface area (Å²) in [6, 6.07) is 0. The SMILES string of the molecule is CC1=CCC(C)C(C)C1OC(C)O. The lowest BCUT2D eigenvalue weighted by Crippen LogP contribution is -2.33. The number of aliphatic hydroxyl groups excluding tert-OH is 1. The van der Waals surface area contributed by atoms with Crippen LogP contribution in [0.1, 0.15) is 34.1 Å². The fourth-order valence-electron chi connectivity index (χ4n) is 1.86. The summed E-state index contributed by atoms with van der Waals surface area (Å²) in [7, 11) is 0. The van der Waals surface area contributed by atoms with Gasteiger partial charge in [-0.3, -0.25) is 0 Å². The van der Waals surface area contributed by atoms with Crippen molar-refractivity contribution in [3.05, 3.63) is 11.6 Å². The Labute approximate surface area is 80.6 Å². The van der Waals surface area contributed by atoms with Gasteiger partial charge in [0.15, 0.2) is 6.29 Å². The van der Waals surface area contributed by atoms with Gasteiger partial charge in [-0.15, -0.1) is 0 Å². The second-order valence-corrected chi connectivity index (χ2v) is 4.18. The largest absolute Gasteiger partial charge is 0.368 e. The monoisotopic (exact) mass is 184 g/mol. The zero-order chi connectivity index (χ0) is 10.0. The van der Waals surface area contributed by atoms with Crippen LogP contribution >= 0.6 is 0 Å². The van der Waals surface area contributed by atoms with Crippen molar-refractivity contribution in [2.75, 3.05) is 0 Å². The van der Waals surface area contributed by atoms with Crippen LogP contribution < -0.4 is 0 Å². The maximum Gasteiger partial charge on any atom is 0.152 e. The van der Waals surface area contributed by atoms with Gasteiger partial charge in [-0.1, -0.05) is 19.9 Å². The van der Waals surface area contributed by atoms with E-state index >= 15 is 0 Å². The van der Waals surface area contributed by atoms with Crippen LogP contribution in [0.3, 0.4) is 0 Å². The molecule has 4 atom stereocenters. The Balaban J connectivity index is 2.68. The van der Waals surface area contributed by atoms with Crippen LogP contribution in [0.25, 0.3) is 0 Å². The third-order valence-electron chi connectivity index (χ3n) is 2.98. The lowest BCUT2D eigenvalue weighted by Gasteiger charge is -2.34. The van der Waals surface area contributed by atoms with E-state index in [4.69, 9.17) is 4.74 Å². The van der Waals surface area contributed by atoms with Crippen LogP contribution in [0.15, 0.2) is 11.6 Å². The van der Waals surface area contributed by atoms with Crippen molar-refractivity contribution in [3.63, 3.8) is 0 Å². The molecule has 0 aromatic heterocycles. The van der Waals surface area contributed by atoms with Gasteiger partial charge in [-0.05, 0) is 37.7 Å². The molecule has 1 rings (SSSR count). The Morgan fingerprint density at radius 1 is 1.54 bits per heavy atom. The quantitative estimate of drug-likeness (QED) is 0.527. The average Bonchev–Trinajstić information content (AvgIpc) is 2.05. The molecule has 0 aliphatic heterocycles. The number of rotatable bonds is 2. The summed E-state index contributed by atoms with van der Waals surface area (Å²) in [5.74, 6) is 1.15. The molecular formula is C11H20O2. The first-order valence-electron chi connectivity index (χ1n) is 5.02. The summed E-state index contributed by atoms with van der Waals surface area (Å²) in [4.78, 5) is 0. The summed E-state index contributed by atoms with van der Waals surface area (Å²) in [6.45, 7) is 8.16. The fraction of sp³-hybridized carbons (Fsp3) is 0.818. The van der Waals surface area contributed by atoms with Crippen molar-refractivity contribution in [3.8, 4) is 0 Å². The third-order valence-corrected chi connectivity index (χ3v) is 2.98. The molecule has 1 N–H and O–H groups in total. The van der Waals surface area contributed by atoms with Crippen LogP contribution in [-0.2, 0) is 4.74 Å². The van der Waals surface area contributed by atoms with E-state index in [0.29, 0.717) is 11.8 Å². The number of allylic oxidation sites excluding steroid dienone is 1. The first-order valence-corrected chi connectivity index (χ1v) is 5.02. The second-order valence-electron chi connectivity index (χ2n) is 4.18. The van der Waals surface area contributed by atoms with Crippen LogP contribution in [0.5, 0.6) is 0 Å². The fourth-order valence-corrected chi connectivity index (χ4v) is 1.86. The highest BCUT2D eigenvalue weighted by molar-refractivity contribution is 5.11. The molecule has 0 amide bonds. The molecule has 4 unspecified atom stereocenters. The number of aliphatic hydroxyl groups is 1. The van der Waals surface area contributed by atoms with Gasteiger partial charge < -0.3 is 9.84 Å². The summed E-state index contributed by atoms with van der Waals surface area (Å²) in [5, 5.41) is 9.18. The molecule has 0 radical (unpaired) electrons. The Bertz CT molecular complexity index is 196. The number of ether oxygens (including phenoxy) is 1. The Kier molecular flexibility index (Phi) is 3.51. The van der Waals surface area contributed by atoms with Gasteiger partial charge in [0.25, 0.3) is 0 Å². The van der Waals surface area contributed by atoms with Gasteiger partial charge in [0.2, 0.25) is 0 Å². The molecule has 0 aromatic carbocycles. The minimum Gasteiger partial charge on any atom is -0.368 e. The Morgan fingerprint density at radius 2 is 2.15 bits per heavy atom. The molecule has 13 heavy (non-hydrogen) atoms. The lowest BCUT2D eigenvalue weighted by atomic mass is 9.80. The second kappa shape index (κ2) is 4.25. The summed E-state index contributed by atoms with van der Waals surface area (Å²) < 4.78 is 5.47. The van der Waals surface area contributed by atoms with E-state index in [9.17, 15) is 5.11 Å². The zero-order valence-corrected chi connectivity index (χ0v) is 8.95. The Hall–Kier alpha value is -0.340. The van der Waals surface area contributed by atoms with E-state index in [2.05, 4.69) is 26.8 Å². The van der Waals surface area contributed by atoms with E-state index < -0.39 is 6.29 Å². The van der Waals surface area contributed by atoms with Crippen molar-refractivity contribution in [2.24, 2.45) is 11.8 Å². The highest BCUT2D eigenvalue weighted by Crippen LogP contribution is 2.31. The highest BCUT2D eigenvalue weighted by atomic mass is 16.6. The molecule has 0 fully saturated rings. The van der Waals surface area contributed by atoms with Crippen molar-refractivity contribution in [2.45, 2.75) is 46.5 Å². The molecule has 0 heterocycles. The number of hydrogen-bond donors (Lipinski definition) is 1. The maximum absolute atomic E-state index is 9.18. The van der Waals surface area contributed by atoms with E-state index in [0.717, 1.165) is 6.42 Å². The molecule has 0 bridgehead atoms. The van der Waals surface area contributed by atoms with Crippen molar-refractivity contribution in [1.29, 1.82) is 0 Å². The topological polar surface area (TPSA) is 29.5 Å². The van der Waals surface area contributed by atoms with Crippen molar-refractivity contribution >= 4 is 0 Å². The first-order chi connectivity index (χ1) is 6.02. The predicted octanol–water partition coefficient (Wildman–Crippen LogP) is 2.33. The highest BCUT2D eigenvalue weighted by Gasteiger charge is 2.28. The van der Waals surface area contributed by atoms with Gasteiger partial charge >= 0.3 is 0 Å². The van der Waals surface area contributed by atoms with Crippen molar-refractivity contribution < 1.29 is 9.84 Å². The van der Waals surface area contributed by atoms with Gasteiger partial charge in [0.1, 0.15) is 0 Å². The molecule has 1 aliphatic rings. The molecule has 0 aromatic rings. The summed E-state index contributed by atoms with van der Waals surface area (Å²) in [6.07, 6.45) is 2.79. The third kappa shape index (κ3) is 2.55. The van der Waals surface area contributed by atoms with Gasteiger partial charge in [0.05, 0.1) is 6.10 Å². The molecule has 76 valence electrons. The minimum atomic E-state index is -0.666. The van der Waals surface area contributed by atoms with E-state index in [-0.39, 0.29) is 6.10 Å². The normalized spacial score (nSPS) is 37.0. The molecule has 2 heteroatoms.